The van der Waals surface area contributed by atoms with Gasteiger partial charge in [-0.15, -0.1) is 0 Å². The minimum atomic E-state index is -0.0477. The highest BCUT2D eigenvalue weighted by Crippen LogP contribution is 2.11. The van der Waals surface area contributed by atoms with E-state index in [1.165, 1.54) is 6.20 Å². The number of rotatable bonds is 3. The number of hydrogen-bond donors (Lipinski definition) is 1. The molecule has 1 rings (SSSR count). The molecule has 0 saturated carbocycles. The van der Waals surface area contributed by atoms with E-state index in [-0.39, 0.29) is 11.4 Å². The quantitative estimate of drug-likeness (QED) is 0.655. The van der Waals surface area contributed by atoms with Gasteiger partial charge in [0.15, 0.2) is 17.7 Å². The first-order valence-corrected chi connectivity index (χ1v) is 3.49. The second-order valence-corrected chi connectivity index (χ2v) is 2.28. The van der Waals surface area contributed by atoms with Crippen LogP contribution >= 0.6 is 0 Å². The molecule has 0 atom stereocenters. The second kappa shape index (κ2) is 3.18. The highest BCUT2D eigenvalue weighted by Gasteiger charge is 2.04. The van der Waals surface area contributed by atoms with Crippen molar-refractivity contribution in [1.82, 2.24) is 9.78 Å². The molecule has 1 N–H and O–H groups in total. The maximum atomic E-state index is 10.2. The summed E-state index contributed by atoms with van der Waals surface area (Å²) < 4.78 is 1.55. The Hall–Kier alpha value is -1.32. The largest absolute Gasteiger partial charge is 0.504 e. The lowest BCUT2D eigenvalue weighted by molar-refractivity contribution is 0.111. The Morgan fingerprint density at radius 2 is 2.55 bits per heavy atom. The van der Waals surface area contributed by atoms with Gasteiger partial charge in [0.2, 0.25) is 0 Å². The van der Waals surface area contributed by atoms with Crippen LogP contribution in [0.25, 0.3) is 0 Å². The third-order valence-electron chi connectivity index (χ3n) is 1.33. The van der Waals surface area contributed by atoms with Crippen molar-refractivity contribution in [2.24, 2.45) is 0 Å². The monoisotopic (exact) mass is 154 g/mol. The molecule has 0 radical (unpaired) electrons. The van der Waals surface area contributed by atoms with Crippen LogP contribution in [0.3, 0.4) is 0 Å². The standard InChI is InChI=1S/C7H10N2O2/c1-2-3-9-4-7(11)6(5-10)8-9/h4-5,11H,2-3H2,1H3. The van der Waals surface area contributed by atoms with Crippen LogP contribution < -0.4 is 0 Å². The molecule has 1 aromatic heterocycles. The van der Waals surface area contributed by atoms with Crippen molar-refractivity contribution in [1.29, 1.82) is 0 Å². The molecule has 0 bridgehead atoms. The van der Waals surface area contributed by atoms with Crippen LogP contribution in [0, 0.1) is 0 Å². The first kappa shape index (κ1) is 7.78. The number of aromatic nitrogens is 2. The first-order valence-electron chi connectivity index (χ1n) is 3.49. The summed E-state index contributed by atoms with van der Waals surface area (Å²) in [6.07, 6.45) is 2.92. The topological polar surface area (TPSA) is 55.1 Å². The number of aryl methyl sites for hydroxylation is 1. The highest BCUT2D eigenvalue weighted by atomic mass is 16.3. The van der Waals surface area contributed by atoms with Gasteiger partial charge in [-0.1, -0.05) is 6.92 Å². The number of carbonyl (C=O) groups excluding carboxylic acids is 1. The molecular weight excluding hydrogens is 144 g/mol. The predicted octanol–water partition coefficient (Wildman–Crippen LogP) is 0.811. The molecule has 4 nitrogen and oxygen atoms in total. The van der Waals surface area contributed by atoms with Gasteiger partial charge in [-0.25, -0.2) is 0 Å². The van der Waals surface area contributed by atoms with Crippen LogP contribution in [0.4, 0.5) is 0 Å². The summed E-state index contributed by atoms with van der Waals surface area (Å²) in [4.78, 5) is 10.2. The van der Waals surface area contributed by atoms with Crippen molar-refractivity contribution in [2.75, 3.05) is 0 Å². The zero-order chi connectivity index (χ0) is 8.27. The summed E-state index contributed by atoms with van der Waals surface area (Å²) in [6, 6.07) is 0. The van der Waals surface area contributed by atoms with Crippen LogP contribution in [-0.2, 0) is 6.54 Å². The molecular formula is C7H10N2O2. The summed E-state index contributed by atoms with van der Waals surface area (Å²) >= 11 is 0. The van der Waals surface area contributed by atoms with Crippen LogP contribution in [0.5, 0.6) is 5.75 Å². The highest BCUT2D eigenvalue weighted by molar-refractivity contribution is 5.75. The molecule has 0 spiro atoms. The van der Waals surface area contributed by atoms with Crippen LogP contribution in [0.2, 0.25) is 0 Å². The van der Waals surface area contributed by atoms with Gasteiger partial charge < -0.3 is 5.11 Å². The summed E-state index contributed by atoms with van der Waals surface area (Å²) in [7, 11) is 0. The third kappa shape index (κ3) is 1.58. The van der Waals surface area contributed by atoms with Gasteiger partial charge in [-0.2, -0.15) is 5.10 Å². The van der Waals surface area contributed by atoms with Gasteiger partial charge in [0.25, 0.3) is 0 Å². The Balaban J connectivity index is 2.86. The minimum absolute atomic E-state index is 0.0477. The molecule has 0 saturated heterocycles. The normalized spacial score (nSPS) is 9.91. The number of hydrogen-bond acceptors (Lipinski definition) is 3. The van der Waals surface area contributed by atoms with Crippen LogP contribution in [-0.4, -0.2) is 21.2 Å². The second-order valence-electron chi connectivity index (χ2n) is 2.28. The lowest BCUT2D eigenvalue weighted by atomic mass is 10.4. The zero-order valence-electron chi connectivity index (χ0n) is 6.32. The SMILES string of the molecule is CCCn1cc(O)c(C=O)n1. The zero-order valence-corrected chi connectivity index (χ0v) is 6.32. The molecule has 0 aliphatic rings. The van der Waals surface area contributed by atoms with Crippen LogP contribution in [0.15, 0.2) is 6.20 Å². The Labute approximate surface area is 64.5 Å². The Bertz CT molecular complexity index is 255. The summed E-state index contributed by atoms with van der Waals surface area (Å²) in [5.41, 5.74) is 0.110. The smallest absolute Gasteiger partial charge is 0.174 e. The van der Waals surface area contributed by atoms with E-state index >= 15 is 0 Å². The Morgan fingerprint density at radius 1 is 1.82 bits per heavy atom. The maximum absolute atomic E-state index is 10.2. The minimum Gasteiger partial charge on any atom is -0.504 e. The summed E-state index contributed by atoms with van der Waals surface area (Å²) in [5, 5.41) is 12.9. The molecule has 0 unspecified atom stereocenters. The van der Waals surface area contributed by atoms with E-state index in [1.54, 1.807) is 4.68 Å². The van der Waals surface area contributed by atoms with Crippen molar-refractivity contribution >= 4 is 6.29 Å². The fraction of sp³-hybridized carbons (Fsp3) is 0.429. The van der Waals surface area contributed by atoms with E-state index in [0.29, 0.717) is 6.29 Å². The Kier molecular flexibility index (Phi) is 2.25. The third-order valence-corrected chi connectivity index (χ3v) is 1.33. The molecule has 0 aliphatic heterocycles. The van der Waals surface area contributed by atoms with Gasteiger partial charge in [0.1, 0.15) is 0 Å². The van der Waals surface area contributed by atoms with Gasteiger partial charge >= 0.3 is 0 Å². The average Bonchev–Trinajstić information content (AvgIpc) is 2.32. The van der Waals surface area contributed by atoms with Crippen molar-refractivity contribution < 1.29 is 9.90 Å². The molecule has 11 heavy (non-hydrogen) atoms. The molecule has 0 fully saturated rings. The van der Waals surface area contributed by atoms with Gasteiger partial charge in [0, 0.05) is 6.54 Å². The fourth-order valence-electron chi connectivity index (χ4n) is 0.853. The maximum Gasteiger partial charge on any atom is 0.174 e. The average molecular weight is 154 g/mol. The van der Waals surface area contributed by atoms with E-state index in [2.05, 4.69) is 5.10 Å². The van der Waals surface area contributed by atoms with E-state index in [9.17, 15) is 4.79 Å². The Morgan fingerprint density at radius 3 is 3.00 bits per heavy atom. The van der Waals surface area contributed by atoms with Gasteiger partial charge in [0.05, 0.1) is 6.20 Å². The molecule has 0 aliphatic carbocycles. The van der Waals surface area contributed by atoms with Crippen molar-refractivity contribution in [3.05, 3.63) is 11.9 Å². The van der Waals surface area contributed by atoms with E-state index in [0.717, 1.165) is 13.0 Å². The first-order chi connectivity index (χ1) is 5.27. The van der Waals surface area contributed by atoms with Crippen molar-refractivity contribution in [2.45, 2.75) is 19.9 Å². The molecule has 0 aromatic carbocycles. The van der Waals surface area contributed by atoms with Crippen LogP contribution in [0.1, 0.15) is 23.8 Å². The van der Waals surface area contributed by atoms with E-state index < -0.39 is 0 Å². The number of aromatic hydroxyl groups is 1. The summed E-state index contributed by atoms with van der Waals surface area (Å²) in [6.45, 7) is 2.72. The lowest BCUT2D eigenvalue weighted by Crippen LogP contribution is -1.97. The van der Waals surface area contributed by atoms with Gasteiger partial charge in [-0.05, 0) is 6.42 Å². The molecule has 4 heteroatoms. The lowest BCUT2D eigenvalue weighted by Gasteiger charge is -1.93. The fourth-order valence-corrected chi connectivity index (χ4v) is 0.853. The summed E-state index contributed by atoms with van der Waals surface area (Å²) in [5.74, 6) is -0.0477. The molecule has 0 amide bonds. The molecule has 1 heterocycles. The van der Waals surface area contributed by atoms with Crippen molar-refractivity contribution in [3.8, 4) is 5.75 Å². The predicted molar refractivity (Wildman–Crippen MR) is 39.6 cm³/mol. The van der Waals surface area contributed by atoms with E-state index in [1.807, 2.05) is 6.92 Å². The van der Waals surface area contributed by atoms with Crippen molar-refractivity contribution in [3.63, 3.8) is 0 Å². The number of carbonyl (C=O) groups is 1. The molecule has 60 valence electrons. The number of nitrogens with zero attached hydrogens (tertiary/aromatic N) is 2. The van der Waals surface area contributed by atoms with E-state index in [4.69, 9.17) is 5.11 Å². The molecule has 1 aromatic rings. The van der Waals surface area contributed by atoms with Gasteiger partial charge in [-0.3, -0.25) is 9.48 Å². The number of aldehydes is 1.